The molecule has 1 rings (SSSR count). The summed E-state index contributed by atoms with van der Waals surface area (Å²) < 4.78 is 5.06. The summed E-state index contributed by atoms with van der Waals surface area (Å²) in [6.07, 6.45) is 2.05. The number of hydrogen-bond donors (Lipinski definition) is 3. The molecule has 0 saturated heterocycles. The number of carbonyl (C=O) groups excluding carboxylic acids is 1. The molecule has 1 aromatic carbocycles. The molecule has 0 bridgehead atoms. The largest absolute Gasteiger partial charge is 0.497 e. The number of nitrogens with one attached hydrogen (secondary N) is 1. The topological polar surface area (TPSA) is 96.9 Å². The number of nitrogens with two attached hydrogens (primary N) is 1. The Hall–Kier alpha value is -2.24. The van der Waals surface area contributed by atoms with Crippen molar-refractivity contribution in [3.8, 4) is 5.75 Å². The van der Waals surface area contributed by atoms with E-state index in [1.807, 2.05) is 0 Å². The molecule has 4 N–H and O–H groups in total. The van der Waals surface area contributed by atoms with Crippen LogP contribution in [0.3, 0.4) is 0 Å². The zero-order chi connectivity index (χ0) is 14.1. The minimum absolute atomic E-state index is 0.136. The second kappa shape index (κ2) is 7.97. The number of amidine groups is 1. The molecular formula is C13H19N3O3. The van der Waals surface area contributed by atoms with E-state index in [2.05, 4.69) is 10.5 Å². The van der Waals surface area contributed by atoms with Crippen molar-refractivity contribution in [2.75, 3.05) is 13.7 Å². The summed E-state index contributed by atoms with van der Waals surface area (Å²) in [6, 6.07) is 6.97. The van der Waals surface area contributed by atoms with Gasteiger partial charge in [-0.15, -0.1) is 0 Å². The monoisotopic (exact) mass is 265 g/mol. The molecule has 0 radical (unpaired) electrons. The SMILES string of the molecule is COc1cccc(C(=O)NCCCCC(N)=NO)c1. The Balaban J connectivity index is 2.31. The van der Waals surface area contributed by atoms with E-state index in [1.165, 1.54) is 0 Å². The second-order valence-electron chi connectivity index (χ2n) is 4.04. The van der Waals surface area contributed by atoms with Crippen molar-refractivity contribution in [2.45, 2.75) is 19.3 Å². The van der Waals surface area contributed by atoms with Gasteiger partial charge in [-0.05, 0) is 31.0 Å². The van der Waals surface area contributed by atoms with Crippen molar-refractivity contribution in [1.82, 2.24) is 5.32 Å². The van der Waals surface area contributed by atoms with E-state index in [1.54, 1.807) is 31.4 Å². The number of hydrogen-bond acceptors (Lipinski definition) is 4. The van der Waals surface area contributed by atoms with Crippen LogP contribution in [0.2, 0.25) is 0 Å². The average Bonchev–Trinajstić information content (AvgIpc) is 2.46. The highest BCUT2D eigenvalue weighted by molar-refractivity contribution is 5.94. The van der Waals surface area contributed by atoms with Gasteiger partial charge in [-0.1, -0.05) is 11.2 Å². The third-order valence-electron chi connectivity index (χ3n) is 2.61. The van der Waals surface area contributed by atoms with Gasteiger partial charge in [0.2, 0.25) is 0 Å². The molecule has 1 aromatic rings. The number of carbonyl (C=O) groups is 1. The predicted octanol–water partition coefficient (Wildman–Crippen LogP) is 1.34. The maximum atomic E-state index is 11.8. The minimum atomic E-state index is -0.136. The molecule has 0 unspecified atom stereocenters. The average molecular weight is 265 g/mol. The predicted molar refractivity (Wildman–Crippen MR) is 72.6 cm³/mol. The molecule has 0 heterocycles. The van der Waals surface area contributed by atoms with Crippen LogP contribution in [0.15, 0.2) is 29.4 Å². The molecule has 6 heteroatoms. The molecule has 0 aromatic heterocycles. The first-order valence-electron chi connectivity index (χ1n) is 6.06. The maximum Gasteiger partial charge on any atom is 0.251 e. The van der Waals surface area contributed by atoms with Crippen molar-refractivity contribution in [3.05, 3.63) is 29.8 Å². The zero-order valence-electron chi connectivity index (χ0n) is 10.9. The second-order valence-corrected chi connectivity index (χ2v) is 4.04. The summed E-state index contributed by atoms with van der Waals surface area (Å²) in [5.41, 5.74) is 5.90. The lowest BCUT2D eigenvalue weighted by molar-refractivity contribution is 0.0952. The van der Waals surface area contributed by atoms with Gasteiger partial charge in [-0.2, -0.15) is 0 Å². The van der Waals surface area contributed by atoms with Gasteiger partial charge in [0.05, 0.1) is 7.11 Å². The van der Waals surface area contributed by atoms with Crippen molar-refractivity contribution < 1.29 is 14.7 Å². The quantitative estimate of drug-likeness (QED) is 0.228. The van der Waals surface area contributed by atoms with Gasteiger partial charge in [-0.25, -0.2) is 0 Å². The molecule has 19 heavy (non-hydrogen) atoms. The first-order valence-corrected chi connectivity index (χ1v) is 6.06. The number of nitrogens with zero attached hydrogens (tertiary/aromatic N) is 1. The van der Waals surface area contributed by atoms with Crippen LogP contribution in [-0.4, -0.2) is 30.6 Å². The number of amides is 1. The number of oxime groups is 1. The van der Waals surface area contributed by atoms with Crippen LogP contribution < -0.4 is 15.8 Å². The van der Waals surface area contributed by atoms with E-state index in [0.29, 0.717) is 24.3 Å². The molecule has 0 aliphatic rings. The van der Waals surface area contributed by atoms with Crippen LogP contribution in [0.5, 0.6) is 5.75 Å². The number of benzene rings is 1. The summed E-state index contributed by atoms with van der Waals surface area (Å²) >= 11 is 0. The Bertz CT molecular complexity index is 447. The van der Waals surface area contributed by atoms with E-state index in [-0.39, 0.29) is 11.7 Å². The van der Waals surface area contributed by atoms with Gasteiger partial charge >= 0.3 is 0 Å². The van der Waals surface area contributed by atoms with Gasteiger partial charge in [0.25, 0.3) is 5.91 Å². The lowest BCUT2D eigenvalue weighted by Crippen LogP contribution is -2.24. The maximum absolute atomic E-state index is 11.8. The first kappa shape index (κ1) is 14.8. The van der Waals surface area contributed by atoms with E-state index in [0.717, 1.165) is 12.8 Å². The first-order chi connectivity index (χ1) is 9.17. The minimum Gasteiger partial charge on any atom is -0.497 e. The molecule has 0 aliphatic carbocycles. The lowest BCUT2D eigenvalue weighted by atomic mass is 10.2. The Morgan fingerprint density at radius 3 is 2.95 bits per heavy atom. The van der Waals surface area contributed by atoms with E-state index in [9.17, 15) is 4.79 Å². The van der Waals surface area contributed by atoms with Crippen molar-refractivity contribution >= 4 is 11.7 Å². The van der Waals surface area contributed by atoms with E-state index < -0.39 is 0 Å². The van der Waals surface area contributed by atoms with E-state index in [4.69, 9.17) is 15.7 Å². The lowest BCUT2D eigenvalue weighted by Gasteiger charge is -2.06. The molecule has 0 atom stereocenters. The highest BCUT2D eigenvalue weighted by atomic mass is 16.5. The van der Waals surface area contributed by atoms with Crippen LogP contribution in [0.25, 0.3) is 0 Å². The smallest absolute Gasteiger partial charge is 0.251 e. The molecule has 0 spiro atoms. The summed E-state index contributed by atoms with van der Waals surface area (Å²) in [7, 11) is 1.56. The molecule has 0 aliphatic heterocycles. The number of methoxy groups -OCH3 is 1. The van der Waals surface area contributed by atoms with Crippen molar-refractivity contribution in [1.29, 1.82) is 0 Å². The van der Waals surface area contributed by atoms with Crippen LogP contribution in [0.4, 0.5) is 0 Å². The summed E-state index contributed by atoms with van der Waals surface area (Å²) in [5.74, 6) is 0.724. The molecule has 104 valence electrons. The number of ether oxygens (including phenoxy) is 1. The third kappa shape index (κ3) is 5.29. The molecular weight excluding hydrogens is 246 g/mol. The molecule has 6 nitrogen and oxygen atoms in total. The summed E-state index contributed by atoms with van der Waals surface area (Å²) in [4.78, 5) is 11.8. The fourth-order valence-electron chi connectivity index (χ4n) is 1.55. The molecule has 1 amide bonds. The van der Waals surface area contributed by atoms with Crippen molar-refractivity contribution in [2.24, 2.45) is 10.9 Å². The van der Waals surface area contributed by atoms with Gasteiger partial charge in [0.1, 0.15) is 11.6 Å². The van der Waals surface area contributed by atoms with E-state index >= 15 is 0 Å². The number of rotatable bonds is 7. The molecule has 0 saturated carbocycles. The Kier molecular flexibility index (Phi) is 6.21. The Morgan fingerprint density at radius 2 is 2.26 bits per heavy atom. The Labute approximate surface area is 112 Å². The van der Waals surface area contributed by atoms with Crippen LogP contribution >= 0.6 is 0 Å². The van der Waals surface area contributed by atoms with Crippen molar-refractivity contribution in [3.63, 3.8) is 0 Å². The fourth-order valence-corrected chi connectivity index (χ4v) is 1.55. The Morgan fingerprint density at radius 1 is 1.47 bits per heavy atom. The van der Waals surface area contributed by atoms with Gasteiger partial charge < -0.3 is 21.0 Å². The highest BCUT2D eigenvalue weighted by Gasteiger charge is 2.05. The van der Waals surface area contributed by atoms with Gasteiger partial charge in [-0.3, -0.25) is 4.79 Å². The summed E-state index contributed by atoms with van der Waals surface area (Å²) in [5, 5.41) is 14.0. The standard InChI is InChI=1S/C13H19N3O3/c1-19-11-6-4-5-10(9-11)13(17)15-8-3-2-7-12(14)16-18/h4-6,9,18H,2-3,7-8H2,1H3,(H2,14,16)(H,15,17). The molecule has 0 fully saturated rings. The normalized spacial score (nSPS) is 11.1. The van der Waals surface area contributed by atoms with Gasteiger partial charge in [0.15, 0.2) is 0 Å². The van der Waals surface area contributed by atoms with Crippen LogP contribution in [0.1, 0.15) is 29.6 Å². The van der Waals surface area contributed by atoms with Gasteiger partial charge in [0, 0.05) is 18.5 Å². The van der Waals surface area contributed by atoms with Crippen LogP contribution in [0, 0.1) is 0 Å². The van der Waals surface area contributed by atoms with Crippen LogP contribution in [-0.2, 0) is 0 Å². The number of unbranched alkanes of at least 4 members (excludes halogenated alkanes) is 1. The fraction of sp³-hybridized carbons (Fsp3) is 0.385. The third-order valence-corrected chi connectivity index (χ3v) is 2.61. The summed E-state index contributed by atoms with van der Waals surface area (Å²) in [6.45, 7) is 0.550. The zero-order valence-corrected chi connectivity index (χ0v) is 10.9. The highest BCUT2D eigenvalue weighted by Crippen LogP contribution is 2.12.